The third kappa shape index (κ3) is 5.15. The molecule has 1 aliphatic rings. The predicted molar refractivity (Wildman–Crippen MR) is 135 cm³/mol. The third-order valence-electron chi connectivity index (χ3n) is 7.20. The van der Waals surface area contributed by atoms with E-state index in [4.69, 9.17) is 9.72 Å². The summed E-state index contributed by atoms with van der Waals surface area (Å²) in [5.74, 6) is 2.20. The Morgan fingerprint density at radius 1 is 1.09 bits per heavy atom. The molecule has 0 spiro atoms. The molecule has 1 aliphatic carbocycles. The SMILES string of the molecule is CC1CCC(C(C)C)[C@H](OC(=O)Cn2c(-c3ccc(C(C)(C)C)cc3)nc3ccccc32)C1. The first-order valence-corrected chi connectivity index (χ1v) is 12.4. The fourth-order valence-corrected chi connectivity index (χ4v) is 5.16. The van der Waals surface area contributed by atoms with Gasteiger partial charge in [-0.3, -0.25) is 4.79 Å². The molecule has 176 valence electrons. The van der Waals surface area contributed by atoms with Gasteiger partial charge < -0.3 is 9.30 Å². The molecule has 4 rings (SSSR count). The van der Waals surface area contributed by atoms with Crippen molar-refractivity contribution in [2.45, 2.75) is 78.9 Å². The molecule has 2 unspecified atom stereocenters. The highest BCUT2D eigenvalue weighted by atomic mass is 16.5. The first-order valence-electron chi connectivity index (χ1n) is 12.4. The van der Waals surface area contributed by atoms with Crippen LogP contribution in [-0.2, 0) is 21.5 Å². The zero-order chi connectivity index (χ0) is 23.8. The van der Waals surface area contributed by atoms with Gasteiger partial charge in [0, 0.05) is 5.56 Å². The van der Waals surface area contributed by atoms with Crippen molar-refractivity contribution in [1.29, 1.82) is 0 Å². The molecule has 33 heavy (non-hydrogen) atoms. The standard InChI is InChI=1S/C29H38N2O2/c1-19(2)23-16-11-20(3)17-26(23)33-27(32)18-31-25-10-8-7-9-24(25)30-28(31)21-12-14-22(15-13-21)29(4,5)6/h7-10,12-15,19-20,23,26H,11,16-18H2,1-6H3/t20?,23?,26-/m1/s1. The Morgan fingerprint density at radius 3 is 2.45 bits per heavy atom. The molecule has 4 heteroatoms. The van der Waals surface area contributed by atoms with Gasteiger partial charge in [0.05, 0.1) is 11.0 Å². The second-order valence-electron chi connectivity index (χ2n) is 11.2. The molecule has 2 aromatic carbocycles. The number of imidazole rings is 1. The summed E-state index contributed by atoms with van der Waals surface area (Å²) in [5, 5.41) is 0. The van der Waals surface area contributed by atoms with Crippen LogP contribution in [0.3, 0.4) is 0 Å². The van der Waals surface area contributed by atoms with Crippen LogP contribution in [0.4, 0.5) is 0 Å². The van der Waals surface area contributed by atoms with Crippen LogP contribution < -0.4 is 0 Å². The second-order valence-corrected chi connectivity index (χ2v) is 11.2. The lowest BCUT2D eigenvalue weighted by Gasteiger charge is -2.36. The number of para-hydroxylation sites is 2. The number of hydrogen-bond acceptors (Lipinski definition) is 3. The molecule has 1 saturated carbocycles. The zero-order valence-electron chi connectivity index (χ0n) is 21.0. The van der Waals surface area contributed by atoms with Crippen LogP contribution in [0.1, 0.15) is 66.4 Å². The average molecular weight is 447 g/mol. The molecule has 0 amide bonds. The average Bonchev–Trinajstić information content (AvgIpc) is 3.11. The molecule has 3 aromatic rings. The Morgan fingerprint density at radius 2 is 1.79 bits per heavy atom. The van der Waals surface area contributed by atoms with Crippen LogP contribution in [0.25, 0.3) is 22.4 Å². The lowest BCUT2D eigenvalue weighted by atomic mass is 9.75. The van der Waals surface area contributed by atoms with Gasteiger partial charge in [-0.1, -0.05) is 84.4 Å². The number of carbonyl (C=O) groups is 1. The second kappa shape index (κ2) is 9.32. The zero-order valence-corrected chi connectivity index (χ0v) is 21.0. The molecule has 3 atom stereocenters. The molecular weight excluding hydrogens is 408 g/mol. The van der Waals surface area contributed by atoms with Crippen molar-refractivity contribution in [2.75, 3.05) is 0 Å². The Balaban J connectivity index is 1.62. The highest BCUT2D eigenvalue weighted by Crippen LogP contribution is 2.36. The fourth-order valence-electron chi connectivity index (χ4n) is 5.16. The van der Waals surface area contributed by atoms with Crippen LogP contribution in [0.5, 0.6) is 0 Å². The van der Waals surface area contributed by atoms with Gasteiger partial charge >= 0.3 is 5.97 Å². The summed E-state index contributed by atoms with van der Waals surface area (Å²) in [6.45, 7) is 13.6. The van der Waals surface area contributed by atoms with Gasteiger partial charge in [0.25, 0.3) is 0 Å². The molecule has 0 saturated heterocycles. The number of esters is 1. The summed E-state index contributed by atoms with van der Waals surface area (Å²) in [6, 6.07) is 16.6. The van der Waals surface area contributed by atoms with Crippen LogP contribution in [0.2, 0.25) is 0 Å². The summed E-state index contributed by atoms with van der Waals surface area (Å²) >= 11 is 0. The van der Waals surface area contributed by atoms with Crippen molar-refractivity contribution in [2.24, 2.45) is 17.8 Å². The Labute approximate surface area is 198 Å². The van der Waals surface area contributed by atoms with E-state index in [-0.39, 0.29) is 24.0 Å². The van der Waals surface area contributed by atoms with E-state index < -0.39 is 0 Å². The van der Waals surface area contributed by atoms with Crippen molar-refractivity contribution in [1.82, 2.24) is 9.55 Å². The van der Waals surface area contributed by atoms with E-state index in [2.05, 4.69) is 65.8 Å². The fraction of sp³-hybridized carbons (Fsp3) is 0.517. The number of fused-ring (bicyclic) bond motifs is 1. The Kier molecular flexibility index (Phi) is 6.65. The van der Waals surface area contributed by atoms with E-state index in [1.807, 2.05) is 28.8 Å². The number of rotatable bonds is 5. The molecule has 4 nitrogen and oxygen atoms in total. The summed E-state index contributed by atoms with van der Waals surface area (Å²) in [7, 11) is 0. The maximum Gasteiger partial charge on any atom is 0.326 e. The topological polar surface area (TPSA) is 44.1 Å². The minimum atomic E-state index is -0.171. The third-order valence-corrected chi connectivity index (χ3v) is 7.20. The molecule has 1 aromatic heterocycles. The van der Waals surface area contributed by atoms with Crippen molar-refractivity contribution in [3.63, 3.8) is 0 Å². The van der Waals surface area contributed by atoms with Gasteiger partial charge in [0.2, 0.25) is 0 Å². The molecule has 1 heterocycles. The van der Waals surface area contributed by atoms with E-state index in [1.54, 1.807) is 0 Å². The Bertz CT molecular complexity index is 1100. The van der Waals surface area contributed by atoms with Crippen molar-refractivity contribution in [3.8, 4) is 11.4 Å². The summed E-state index contributed by atoms with van der Waals surface area (Å²) in [5.41, 5.74) is 4.23. The van der Waals surface area contributed by atoms with Gasteiger partial charge in [-0.25, -0.2) is 4.98 Å². The van der Waals surface area contributed by atoms with E-state index in [1.165, 1.54) is 12.0 Å². The first kappa shape index (κ1) is 23.5. The molecule has 0 N–H and O–H groups in total. The number of aromatic nitrogens is 2. The normalized spacial score (nSPS) is 21.5. The van der Waals surface area contributed by atoms with E-state index >= 15 is 0 Å². The minimum absolute atomic E-state index is 0.00514. The van der Waals surface area contributed by atoms with Gasteiger partial charge in [-0.2, -0.15) is 0 Å². The van der Waals surface area contributed by atoms with Crippen LogP contribution >= 0.6 is 0 Å². The van der Waals surface area contributed by atoms with Crippen molar-refractivity contribution >= 4 is 17.0 Å². The maximum absolute atomic E-state index is 13.2. The van der Waals surface area contributed by atoms with Crippen LogP contribution in [-0.4, -0.2) is 21.6 Å². The van der Waals surface area contributed by atoms with Gasteiger partial charge in [0.1, 0.15) is 18.5 Å². The number of carbonyl (C=O) groups excluding carboxylic acids is 1. The van der Waals surface area contributed by atoms with Gasteiger partial charge in [-0.05, 0) is 53.7 Å². The van der Waals surface area contributed by atoms with E-state index in [0.29, 0.717) is 17.8 Å². The number of ether oxygens (including phenoxy) is 1. The largest absolute Gasteiger partial charge is 0.461 e. The molecule has 0 bridgehead atoms. The van der Waals surface area contributed by atoms with Crippen molar-refractivity contribution < 1.29 is 9.53 Å². The molecule has 1 fully saturated rings. The smallest absolute Gasteiger partial charge is 0.326 e. The van der Waals surface area contributed by atoms with Gasteiger partial charge in [-0.15, -0.1) is 0 Å². The number of nitrogens with zero attached hydrogens (tertiary/aromatic N) is 2. The summed E-state index contributed by atoms with van der Waals surface area (Å²) < 4.78 is 8.14. The lowest BCUT2D eigenvalue weighted by molar-refractivity contribution is -0.156. The highest BCUT2D eigenvalue weighted by Gasteiger charge is 2.33. The monoisotopic (exact) mass is 446 g/mol. The lowest BCUT2D eigenvalue weighted by Crippen LogP contribution is -2.36. The summed E-state index contributed by atoms with van der Waals surface area (Å²) in [6.07, 6.45) is 3.32. The van der Waals surface area contributed by atoms with Gasteiger partial charge in [0.15, 0.2) is 0 Å². The molecular formula is C29H38N2O2. The van der Waals surface area contributed by atoms with E-state index in [9.17, 15) is 4.79 Å². The Hall–Kier alpha value is -2.62. The molecule has 0 radical (unpaired) electrons. The predicted octanol–water partition coefficient (Wildman–Crippen LogP) is 7.00. The molecule has 0 aliphatic heterocycles. The minimum Gasteiger partial charge on any atom is -0.461 e. The number of hydrogen-bond donors (Lipinski definition) is 0. The maximum atomic E-state index is 13.2. The van der Waals surface area contributed by atoms with Crippen molar-refractivity contribution in [3.05, 3.63) is 54.1 Å². The van der Waals surface area contributed by atoms with E-state index in [0.717, 1.165) is 35.3 Å². The first-order chi connectivity index (χ1) is 15.6. The number of benzene rings is 2. The van der Waals surface area contributed by atoms with Crippen LogP contribution in [0, 0.1) is 17.8 Å². The summed E-state index contributed by atoms with van der Waals surface area (Å²) in [4.78, 5) is 18.1. The highest BCUT2D eigenvalue weighted by molar-refractivity contribution is 5.83. The van der Waals surface area contributed by atoms with Crippen LogP contribution in [0.15, 0.2) is 48.5 Å². The quantitative estimate of drug-likeness (QED) is 0.396.